The number of nitrogen functional groups attached to an aromatic ring is 1. The van der Waals surface area contributed by atoms with Gasteiger partial charge in [0.25, 0.3) is 0 Å². The molecule has 1 aromatic heterocycles. The lowest BCUT2D eigenvalue weighted by molar-refractivity contribution is 0.186. The van der Waals surface area contributed by atoms with Gasteiger partial charge >= 0.3 is 0 Å². The molecular formula is C13H21N5O2S. The van der Waals surface area contributed by atoms with Gasteiger partial charge in [0.2, 0.25) is 10.0 Å². The van der Waals surface area contributed by atoms with E-state index in [-0.39, 0.29) is 10.9 Å². The zero-order valence-corrected chi connectivity index (χ0v) is 12.6. The third kappa shape index (κ3) is 3.03. The predicted octanol–water partition coefficient (Wildman–Crippen LogP) is 0.272. The number of aromatic nitrogens is 1. The van der Waals surface area contributed by atoms with Gasteiger partial charge in [0, 0.05) is 30.9 Å². The number of piperidine rings is 1. The van der Waals surface area contributed by atoms with Crippen molar-refractivity contribution in [2.24, 2.45) is 5.84 Å². The average Bonchev–Trinajstić information content (AvgIpc) is 2.90. The minimum atomic E-state index is -3.54. The molecule has 2 unspecified atom stereocenters. The van der Waals surface area contributed by atoms with Gasteiger partial charge in [0.1, 0.15) is 5.82 Å². The minimum absolute atomic E-state index is 0.00208. The van der Waals surface area contributed by atoms with Gasteiger partial charge in [-0.15, -0.1) is 0 Å². The van der Waals surface area contributed by atoms with Gasteiger partial charge in [-0.1, -0.05) is 6.42 Å². The molecule has 2 fully saturated rings. The van der Waals surface area contributed by atoms with E-state index in [1.54, 1.807) is 0 Å². The van der Waals surface area contributed by atoms with Crippen molar-refractivity contribution in [1.82, 2.24) is 14.6 Å². The van der Waals surface area contributed by atoms with Crippen LogP contribution in [0, 0.1) is 0 Å². The van der Waals surface area contributed by atoms with E-state index in [2.05, 4.69) is 20.0 Å². The van der Waals surface area contributed by atoms with Gasteiger partial charge in [-0.05, 0) is 31.9 Å². The van der Waals surface area contributed by atoms with Crippen LogP contribution in [-0.2, 0) is 10.0 Å². The van der Waals surface area contributed by atoms with E-state index in [1.807, 2.05) is 0 Å². The number of nitrogens with two attached hydrogens (primary N) is 1. The molecule has 1 aromatic rings. The molecule has 2 saturated heterocycles. The van der Waals surface area contributed by atoms with Crippen LogP contribution in [0.3, 0.4) is 0 Å². The summed E-state index contributed by atoms with van der Waals surface area (Å²) in [6.45, 7) is 2.06. The Kier molecular flexibility index (Phi) is 4.12. The van der Waals surface area contributed by atoms with Gasteiger partial charge in [-0.3, -0.25) is 4.90 Å². The van der Waals surface area contributed by atoms with Crippen molar-refractivity contribution < 1.29 is 8.42 Å². The highest BCUT2D eigenvalue weighted by Crippen LogP contribution is 2.28. The molecule has 2 aliphatic heterocycles. The van der Waals surface area contributed by atoms with E-state index in [0.29, 0.717) is 11.9 Å². The van der Waals surface area contributed by atoms with Gasteiger partial charge < -0.3 is 5.43 Å². The van der Waals surface area contributed by atoms with Crippen molar-refractivity contribution in [2.45, 2.75) is 42.7 Å². The van der Waals surface area contributed by atoms with Crippen LogP contribution in [0.15, 0.2) is 23.2 Å². The predicted molar refractivity (Wildman–Crippen MR) is 80.0 cm³/mol. The highest BCUT2D eigenvalue weighted by atomic mass is 32.2. The van der Waals surface area contributed by atoms with Crippen molar-refractivity contribution >= 4 is 15.8 Å². The second-order valence-corrected chi connectivity index (χ2v) is 7.35. The quantitative estimate of drug-likeness (QED) is 0.545. The van der Waals surface area contributed by atoms with Gasteiger partial charge in [0.05, 0.1) is 4.90 Å². The van der Waals surface area contributed by atoms with Crippen LogP contribution in [0.1, 0.15) is 25.7 Å². The number of rotatable bonds is 4. The van der Waals surface area contributed by atoms with Crippen LogP contribution in [0.4, 0.5) is 5.82 Å². The van der Waals surface area contributed by atoms with E-state index in [1.165, 1.54) is 31.2 Å². The smallest absolute Gasteiger partial charge is 0.241 e. The fourth-order valence-electron chi connectivity index (χ4n) is 3.31. The Morgan fingerprint density at radius 2 is 2.14 bits per heavy atom. The number of nitrogens with one attached hydrogen (secondary N) is 2. The van der Waals surface area contributed by atoms with E-state index >= 15 is 0 Å². The van der Waals surface area contributed by atoms with E-state index in [4.69, 9.17) is 5.84 Å². The van der Waals surface area contributed by atoms with Gasteiger partial charge in [0.15, 0.2) is 0 Å². The highest BCUT2D eigenvalue weighted by Gasteiger charge is 2.37. The van der Waals surface area contributed by atoms with E-state index in [9.17, 15) is 8.42 Å². The first-order valence-electron chi connectivity index (χ1n) is 7.29. The SMILES string of the molecule is NNc1cc(S(=O)(=O)NC2CCN3CCCCC23)ccn1. The topological polar surface area (TPSA) is 100 Å². The van der Waals surface area contributed by atoms with E-state index < -0.39 is 10.0 Å². The Morgan fingerprint density at radius 3 is 2.95 bits per heavy atom. The molecule has 0 aliphatic carbocycles. The summed E-state index contributed by atoms with van der Waals surface area (Å²) < 4.78 is 27.9. The number of fused-ring (bicyclic) bond motifs is 1. The van der Waals surface area contributed by atoms with Crippen LogP contribution in [0.25, 0.3) is 0 Å². The lowest BCUT2D eigenvalue weighted by atomic mass is 10.00. The summed E-state index contributed by atoms with van der Waals surface area (Å²) in [5.74, 6) is 5.62. The lowest BCUT2D eigenvalue weighted by Crippen LogP contribution is -2.46. The summed E-state index contributed by atoms with van der Waals surface area (Å²) in [6.07, 6.45) is 5.77. The third-order valence-corrected chi connectivity index (χ3v) is 5.84. The lowest BCUT2D eigenvalue weighted by Gasteiger charge is -2.32. The average molecular weight is 311 g/mol. The minimum Gasteiger partial charge on any atom is -0.308 e. The van der Waals surface area contributed by atoms with Crippen molar-refractivity contribution in [2.75, 3.05) is 18.5 Å². The molecule has 0 amide bonds. The van der Waals surface area contributed by atoms with Crippen LogP contribution in [0.2, 0.25) is 0 Å². The monoisotopic (exact) mass is 311 g/mol. The standard InChI is InChI=1S/C13H21N5O2S/c14-16-13-9-10(4-6-15-13)21(19,20)17-11-5-8-18-7-2-1-3-12(11)18/h4,6,9,11-12,17H,1-3,5,7-8,14H2,(H,15,16). The summed E-state index contributed by atoms with van der Waals surface area (Å²) in [6, 6.07) is 3.26. The fraction of sp³-hybridized carbons (Fsp3) is 0.615. The van der Waals surface area contributed by atoms with Crippen LogP contribution in [0.5, 0.6) is 0 Å². The maximum Gasteiger partial charge on any atom is 0.241 e. The molecule has 3 rings (SSSR count). The first-order valence-corrected chi connectivity index (χ1v) is 8.77. The van der Waals surface area contributed by atoms with E-state index in [0.717, 1.165) is 25.9 Å². The summed E-state index contributed by atoms with van der Waals surface area (Å²) >= 11 is 0. The molecule has 7 nitrogen and oxygen atoms in total. The molecule has 8 heteroatoms. The third-order valence-electron chi connectivity index (χ3n) is 4.35. The Balaban J connectivity index is 1.76. The number of pyridine rings is 1. The molecule has 0 aromatic carbocycles. The second-order valence-electron chi connectivity index (χ2n) is 5.64. The molecule has 4 N–H and O–H groups in total. The van der Waals surface area contributed by atoms with Crippen LogP contribution in [-0.4, -0.2) is 43.5 Å². The van der Waals surface area contributed by atoms with Crippen molar-refractivity contribution in [1.29, 1.82) is 0 Å². The molecule has 2 atom stereocenters. The molecule has 0 bridgehead atoms. The summed E-state index contributed by atoms with van der Waals surface area (Å²) in [5, 5.41) is 0. The normalized spacial score (nSPS) is 26.5. The first kappa shape index (κ1) is 14.7. The maximum absolute atomic E-state index is 12.5. The van der Waals surface area contributed by atoms with Crippen molar-refractivity contribution in [3.8, 4) is 0 Å². The van der Waals surface area contributed by atoms with Crippen LogP contribution < -0.4 is 16.0 Å². The molecule has 2 aliphatic rings. The molecule has 21 heavy (non-hydrogen) atoms. The zero-order chi connectivity index (χ0) is 14.9. The van der Waals surface area contributed by atoms with Crippen LogP contribution >= 0.6 is 0 Å². The number of hydrogen-bond donors (Lipinski definition) is 3. The maximum atomic E-state index is 12.5. The second kappa shape index (κ2) is 5.88. The number of anilines is 1. The Labute approximate surface area is 124 Å². The molecule has 116 valence electrons. The van der Waals surface area contributed by atoms with Crippen molar-refractivity contribution in [3.63, 3.8) is 0 Å². The summed E-state index contributed by atoms with van der Waals surface area (Å²) in [7, 11) is -3.54. The molecule has 0 spiro atoms. The largest absolute Gasteiger partial charge is 0.308 e. The Morgan fingerprint density at radius 1 is 1.29 bits per heavy atom. The number of nitrogens with zero attached hydrogens (tertiary/aromatic N) is 2. The Bertz CT molecular complexity index is 606. The molecule has 0 saturated carbocycles. The number of hydrazine groups is 1. The summed E-state index contributed by atoms with van der Waals surface area (Å²) in [5.41, 5.74) is 2.37. The first-order chi connectivity index (χ1) is 10.1. The fourth-order valence-corrected chi connectivity index (χ4v) is 4.63. The number of hydrogen-bond acceptors (Lipinski definition) is 6. The molecular weight excluding hydrogens is 290 g/mol. The van der Waals surface area contributed by atoms with Crippen molar-refractivity contribution in [3.05, 3.63) is 18.3 Å². The van der Waals surface area contributed by atoms with Gasteiger partial charge in [-0.2, -0.15) is 0 Å². The van der Waals surface area contributed by atoms with Gasteiger partial charge in [-0.25, -0.2) is 24.0 Å². The number of sulfonamides is 1. The summed E-state index contributed by atoms with van der Waals surface area (Å²) in [4.78, 5) is 6.53. The zero-order valence-electron chi connectivity index (χ0n) is 11.8. The Hall–Kier alpha value is -1.22. The molecule has 3 heterocycles. The highest BCUT2D eigenvalue weighted by molar-refractivity contribution is 7.89. The molecule has 0 radical (unpaired) electrons.